The van der Waals surface area contributed by atoms with Gasteiger partial charge in [0.1, 0.15) is 11.3 Å². The van der Waals surface area contributed by atoms with Crippen molar-refractivity contribution in [3.63, 3.8) is 0 Å². The molecule has 0 saturated carbocycles. The van der Waals surface area contributed by atoms with Crippen LogP contribution in [0.4, 0.5) is 13.9 Å². The molecule has 0 aliphatic carbocycles. The molecule has 0 aliphatic rings. The summed E-state index contributed by atoms with van der Waals surface area (Å²) in [7, 11) is -3.52. The van der Waals surface area contributed by atoms with Crippen LogP contribution in [-0.4, -0.2) is 24.6 Å². The van der Waals surface area contributed by atoms with Crippen molar-refractivity contribution < 1.29 is 22.0 Å². The van der Waals surface area contributed by atoms with Gasteiger partial charge in [-0.1, -0.05) is 17.4 Å². The fraction of sp³-hybridized carbons (Fsp3) is 0.176. The van der Waals surface area contributed by atoms with E-state index in [-0.39, 0.29) is 25.8 Å². The molecule has 0 bridgehead atoms. The molecule has 3 rings (SSSR count). The Morgan fingerprint density at radius 3 is 2.62 bits per heavy atom. The van der Waals surface area contributed by atoms with Crippen LogP contribution in [0.25, 0.3) is 10.2 Å². The number of halogens is 2. The Kier molecular flexibility index (Phi) is 4.76. The maximum absolute atomic E-state index is 13.7. The van der Waals surface area contributed by atoms with Gasteiger partial charge in [0, 0.05) is 11.6 Å². The largest absolute Gasteiger partial charge is 0.298 e. The fourth-order valence-electron chi connectivity index (χ4n) is 2.27. The van der Waals surface area contributed by atoms with E-state index >= 15 is 0 Å². The summed E-state index contributed by atoms with van der Waals surface area (Å²) in [5, 5.41) is 1.95. The maximum atomic E-state index is 13.7. The second-order valence-electron chi connectivity index (χ2n) is 5.83. The van der Waals surface area contributed by atoms with Crippen molar-refractivity contribution in [2.45, 2.75) is 24.0 Å². The predicted molar refractivity (Wildman–Crippen MR) is 96.3 cm³/mol. The summed E-state index contributed by atoms with van der Waals surface area (Å²) in [6, 6.07) is 7.47. The van der Waals surface area contributed by atoms with Gasteiger partial charge >= 0.3 is 0 Å². The lowest BCUT2D eigenvalue weighted by molar-refractivity contribution is 0.102. The van der Waals surface area contributed by atoms with Crippen molar-refractivity contribution in [3.8, 4) is 0 Å². The van der Waals surface area contributed by atoms with Gasteiger partial charge in [0.15, 0.2) is 20.8 Å². The van der Waals surface area contributed by atoms with E-state index in [0.29, 0.717) is 6.07 Å². The minimum Gasteiger partial charge on any atom is -0.298 e. The molecule has 1 amide bonds. The van der Waals surface area contributed by atoms with Gasteiger partial charge in [0.05, 0.1) is 14.8 Å². The van der Waals surface area contributed by atoms with E-state index in [0.717, 1.165) is 17.4 Å². The van der Waals surface area contributed by atoms with Crippen molar-refractivity contribution in [1.82, 2.24) is 4.98 Å². The highest BCUT2D eigenvalue weighted by atomic mass is 32.2. The number of nitrogens with one attached hydrogen (secondary N) is 1. The van der Waals surface area contributed by atoms with Crippen molar-refractivity contribution in [2.75, 3.05) is 5.32 Å². The quantitative estimate of drug-likeness (QED) is 0.723. The molecule has 136 valence electrons. The van der Waals surface area contributed by atoms with Crippen molar-refractivity contribution >= 4 is 42.4 Å². The second kappa shape index (κ2) is 6.73. The number of amides is 1. The van der Waals surface area contributed by atoms with E-state index in [1.54, 1.807) is 13.8 Å². The number of hydrogen-bond donors (Lipinski definition) is 1. The SMILES string of the molecule is CC(C)S(=O)(=O)c1cccc(C(=O)Nc2nc3c(F)cc(F)cc3s2)c1. The predicted octanol–water partition coefficient (Wildman–Crippen LogP) is 4.01. The van der Waals surface area contributed by atoms with Crippen molar-refractivity contribution in [2.24, 2.45) is 0 Å². The molecule has 3 aromatic rings. The number of rotatable bonds is 4. The zero-order chi connectivity index (χ0) is 19.1. The summed E-state index contributed by atoms with van der Waals surface area (Å²) < 4.78 is 51.7. The standard InChI is InChI=1S/C17H14F2N2O3S2/c1-9(2)26(23,24)12-5-3-4-10(6-12)16(22)21-17-20-15-13(19)7-11(18)8-14(15)25-17/h3-9H,1-2H3,(H,20,21,22). The van der Waals surface area contributed by atoms with Gasteiger partial charge in [-0.05, 0) is 38.1 Å². The highest BCUT2D eigenvalue weighted by molar-refractivity contribution is 7.92. The molecule has 0 unspecified atom stereocenters. The van der Waals surface area contributed by atoms with Crippen molar-refractivity contribution in [3.05, 3.63) is 53.6 Å². The van der Waals surface area contributed by atoms with Crippen LogP contribution in [0, 0.1) is 11.6 Å². The van der Waals surface area contributed by atoms with E-state index in [2.05, 4.69) is 10.3 Å². The van der Waals surface area contributed by atoms with E-state index in [9.17, 15) is 22.0 Å². The Labute approximate surface area is 152 Å². The Hall–Kier alpha value is -2.39. The van der Waals surface area contributed by atoms with Crippen molar-refractivity contribution in [1.29, 1.82) is 0 Å². The second-order valence-corrected chi connectivity index (χ2v) is 9.36. The Bertz CT molecular complexity index is 1110. The number of thiazole rings is 1. The normalized spacial score (nSPS) is 11.9. The topological polar surface area (TPSA) is 76.1 Å². The first-order valence-electron chi connectivity index (χ1n) is 7.59. The summed E-state index contributed by atoms with van der Waals surface area (Å²) in [5.74, 6) is -2.14. The molecule has 0 radical (unpaired) electrons. The van der Waals surface area contributed by atoms with Gasteiger partial charge in [0.2, 0.25) is 0 Å². The summed E-state index contributed by atoms with van der Waals surface area (Å²) >= 11 is 0.922. The van der Waals surface area contributed by atoms with Crippen LogP contribution >= 0.6 is 11.3 Å². The molecular weight excluding hydrogens is 382 g/mol. The molecule has 0 atom stereocenters. The molecule has 0 aliphatic heterocycles. The van der Waals surface area contributed by atoms with Gasteiger partial charge in [-0.2, -0.15) is 0 Å². The molecule has 0 fully saturated rings. The van der Waals surface area contributed by atoms with Crippen LogP contribution in [0.2, 0.25) is 0 Å². The molecule has 26 heavy (non-hydrogen) atoms. The molecule has 5 nitrogen and oxygen atoms in total. The van der Waals surface area contributed by atoms with Crippen LogP contribution in [0.3, 0.4) is 0 Å². The molecule has 0 saturated heterocycles. The van der Waals surface area contributed by atoms with Gasteiger partial charge in [-0.3, -0.25) is 10.1 Å². The first-order chi connectivity index (χ1) is 12.2. The summed E-state index contributed by atoms with van der Waals surface area (Å²) in [6.07, 6.45) is 0. The minimum atomic E-state index is -3.52. The molecule has 1 aromatic heterocycles. The van der Waals surface area contributed by atoms with Gasteiger partial charge in [0.25, 0.3) is 5.91 Å². The molecule has 9 heteroatoms. The number of carbonyl (C=O) groups is 1. The van der Waals surface area contributed by atoms with Crippen LogP contribution in [0.5, 0.6) is 0 Å². The number of aromatic nitrogens is 1. The molecular formula is C17H14F2N2O3S2. The Balaban J connectivity index is 1.90. The lowest BCUT2D eigenvalue weighted by atomic mass is 10.2. The molecule has 0 spiro atoms. The van der Waals surface area contributed by atoms with E-state index in [4.69, 9.17) is 0 Å². The average Bonchev–Trinajstić information content (AvgIpc) is 2.97. The van der Waals surface area contributed by atoms with E-state index in [1.165, 1.54) is 24.3 Å². The fourth-order valence-corrected chi connectivity index (χ4v) is 4.27. The third-order valence-electron chi connectivity index (χ3n) is 3.68. The Morgan fingerprint density at radius 2 is 1.92 bits per heavy atom. The first kappa shape index (κ1) is 18.4. The van der Waals surface area contributed by atoms with Crippen LogP contribution in [-0.2, 0) is 9.84 Å². The number of benzene rings is 2. The van der Waals surface area contributed by atoms with Gasteiger partial charge < -0.3 is 0 Å². The zero-order valence-corrected chi connectivity index (χ0v) is 15.4. The lowest BCUT2D eigenvalue weighted by Crippen LogP contribution is -2.16. The number of hydrogen-bond acceptors (Lipinski definition) is 5. The monoisotopic (exact) mass is 396 g/mol. The molecule has 2 aromatic carbocycles. The van der Waals surface area contributed by atoms with Gasteiger partial charge in [-0.15, -0.1) is 0 Å². The Morgan fingerprint density at radius 1 is 1.19 bits per heavy atom. The summed E-state index contributed by atoms with van der Waals surface area (Å²) in [6.45, 7) is 3.10. The smallest absolute Gasteiger partial charge is 0.257 e. The average molecular weight is 396 g/mol. The van der Waals surface area contributed by atoms with E-state index < -0.39 is 32.6 Å². The van der Waals surface area contributed by atoms with Gasteiger partial charge in [-0.25, -0.2) is 22.2 Å². The third-order valence-corrected chi connectivity index (χ3v) is 6.75. The number of anilines is 1. The molecule has 1 N–H and O–H groups in total. The van der Waals surface area contributed by atoms with Crippen LogP contribution < -0.4 is 5.32 Å². The number of sulfone groups is 1. The maximum Gasteiger partial charge on any atom is 0.257 e. The molecule has 1 heterocycles. The number of fused-ring (bicyclic) bond motifs is 1. The third kappa shape index (κ3) is 3.45. The number of carbonyl (C=O) groups excluding carboxylic acids is 1. The zero-order valence-electron chi connectivity index (χ0n) is 13.8. The van der Waals surface area contributed by atoms with E-state index in [1.807, 2.05) is 0 Å². The lowest BCUT2D eigenvalue weighted by Gasteiger charge is -2.09. The minimum absolute atomic E-state index is 0.0390. The highest BCUT2D eigenvalue weighted by Crippen LogP contribution is 2.29. The highest BCUT2D eigenvalue weighted by Gasteiger charge is 2.21. The van der Waals surface area contributed by atoms with Crippen LogP contribution in [0.15, 0.2) is 41.3 Å². The summed E-state index contributed by atoms with van der Waals surface area (Å²) in [5.41, 5.74) is 0.0838. The van der Waals surface area contributed by atoms with Crippen LogP contribution in [0.1, 0.15) is 24.2 Å². The number of nitrogens with zero attached hydrogens (tertiary/aromatic N) is 1. The summed E-state index contributed by atoms with van der Waals surface area (Å²) in [4.78, 5) is 16.4. The first-order valence-corrected chi connectivity index (χ1v) is 9.95.